The van der Waals surface area contributed by atoms with Gasteiger partial charge in [0.05, 0.1) is 13.2 Å². The molecule has 2 aliphatic heterocycles. The third kappa shape index (κ3) is 3.83. The molecule has 0 amide bonds. The second-order valence-electron chi connectivity index (χ2n) is 6.49. The van der Waals surface area contributed by atoms with Crippen LogP contribution in [0.2, 0.25) is 0 Å². The maximum Gasteiger partial charge on any atom is 0.475 e. The minimum Gasteiger partial charge on any atom is -0.349 e. The number of nitrogens with zero attached hydrogens (tertiary/aromatic N) is 1. The van der Waals surface area contributed by atoms with Gasteiger partial charge < -0.3 is 4.74 Å². The molecule has 0 radical (unpaired) electrons. The van der Waals surface area contributed by atoms with Crippen molar-refractivity contribution in [3.63, 3.8) is 0 Å². The van der Waals surface area contributed by atoms with Gasteiger partial charge in [-0.25, -0.2) is 9.36 Å². The van der Waals surface area contributed by atoms with Crippen molar-refractivity contribution < 1.29 is 22.9 Å². The summed E-state index contributed by atoms with van der Waals surface area (Å²) in [5.41, 5.74) is 0.226. The highest BCUT2D eigenvalue weighted by Crippen LogP contribution is 2.57. The molecular weight excluding hydrogens is 375 g/mol. The summed E-state index contributed by atoms with van der Waals surface area (Å²) in [5, 5.41) is 0. The van der Waals surface area contributed by atoms with Crippen molar-refractivity contribution in [1.82, 2.24) is 9.55 Å². The Morgan fingerprint density at radius 2 is 2.04 bits per heavy atom. The molecule has 0 bridgehead atoms. The Balaban J connectivity index is 1.45. The number of phosphoric ester groups is 1. The lowest BCUT2D eigenvalue weighted by Gasteiger charge is -2.29. The lowest BCUT2D eigenvalue weighted by Crippen LogP contribution is -2.34. The molecule has 0 aliphatic carbocycles. The molecule has 1 aromatic carbocycles. The van der Waals surface area contributed by atoms with Crippen LogP contribution in [0.15, 0.2) is 46.1 Å². The predicted molar refractivity (Wildman–Crippen MR) is 94.2 cm³/mol. The molecule has 0 unspecified atom stereocenters. The molecule has 0 saturated carbocycles. The maximum atomic E-state index is 12.7. The van der Waals surface area contributed by atoms with E-state index in [1.54, 1.807) is 6.92 Å². The first kappa shape index (κ1) is 18.3. The van der Waals surface area contributed by atoms with Crippen LogP contribution in [0.4, 0.5) is 0 Å². The van der Waals surface area contributed by atoms with Gasteiger partial charge in [0, 0.05) is 18.2 Å². The fourth-order valence-corrected chi connectivity index (χ4v) is 4.48. The normalized spacial score (nSPS) is 30.2. The van der Waals surface area contributed by atoms with E-state index in [0.717, 1.165) is 5.56 Å². The summed E-state index contributed by atoms with van der Waals surface area (Å²) in [7, 11) is -3.72. The van der Waals surface area contributed by atoms with Gasteiger partial charge in [-0.3, -0.25) is 27.9 Å². The van der Waals surface area contributed by atoms with E-state index >= 15 is 0 Å². The minimum absolute atomic E-state index is 0.0321. The van der Waals surface area contributed by atoms with Crippen LogP contribution in [0.5, 0.6) is 0 Å². The number of H-pyrrole nitrogens is 1. The van der Waals surface area contributed by atoms with Crippen molar-refractivity contribution in [3.05, 3.63) is 68.5 Å². The van der Waals surface area contributed by atoms with E-state index in [4.69, 9.17) is 18.3 Å². The zero-order valence-corrected chi connectivity index (χ0v) is 15.5. The number of aromatic amines is 1. The second-order valence-corrected chi connectivity index (χ2v) is 8.11. The van der Waals surface area contributed by atoms with E-state index in [1.807, 2.05) is 30.3 Å². The monoisotopic (exact) mass is 394 g/mol. The number of ether oxygens (including phenoxy) is 1. The third-order valence-corrected chi connectivity index (χ3v) is 5.97. The van der Waals surface area contributed by atoms with Gasteiger partial charge >= 0.3 is 13.5 Å². The van der Waals surface area contributed by atoms with Crippen LogP contribution in [-0.4, -0.2) is 28.4 Å². The lowest BCUT2D eigenvalue weighted by molar-refractivity contribution is -0.0730. The summed E-state index contributed by atoms with van der Waals surface area (Å²) in [6.45, 7) is 1.73. The summed E-state index contributed by atoms with van der Waals surface area (Å²) in [5.74, 6) is 0. The van der Waals surface area contributed by atoms with Gasteiger partial charge in [-0.2, -0.15) is 0 Å². The molecule has 2 aromatic rings. The van der Waals surface area contributed by atoms with E-state index in [0.29, 0.717) is 5.56 Å². The van der Waals surface area contributed by atoms with Crippen LogP contribution >= 0.6 is 7.82 Å². The number of fused-ring (bicyclic) bond motifs is 1. The van der Waals surface area contributed by atoms with Crippen molar-refractivity contribution in [2.75, 3.05) is 6.61 Å². The Bertz CT molecular complexity index is 987. The predicted octanol–water partition coefficient (Wildman–Crippen LogP) is 1.87. The standard InChI is InChI=1S/C17H19N2O7P/c1-11-8-19(17(21)18-16(11)20)15-7-13-14(25-15)10-24-27(22,26-13)23-9-12-5-3-2-4-6-12/h2-6,8,13-15H,7,9-10H2,1H3,(H,18,20,21)/t13-,14+,15-,27+/m1/s1. The van der Waals surface area contributed by atoms with Crippen LogP contribution < -0.4 is 11.2 Å². The van der Waals surface area contributed by atoms with Crippen molar-refractivity contribution in [3.8, 4) is 0 Å². The molecule has 2 fully saturated rings. The zero-order valence-electron chi connectivity index (χ0n) is 14.6. The summed E-state index contributed by atoms with van der Waals surface area (Å²) in [4.78, 5) is 25.8. The summed E-state index contributed by atoms with van der Waals surface area (Å²) >= 11 is 0. The molecule has 1 aromatic heterocycles. The lowest BCUT2D eigenvalue weighted by atomic mass is 10.2. The highest BCUT2D eigenvalue weighted by molar-refractivity contribution is 7.48. The Morgan fingerprint density at radius 1 is 1.26 bits per heavy atom. The molecule has 27 heavy (non-hydrogen) atoms. The van der Waals surface area contributed by atoms with Crippen molar-refractivity contribution >= 4 is 7.82 Å². The van der Waals surface area contributed by atoms with E-state index in [1.165, 1.54) is 10.8 Å². The Hall–Kier alpha value is -2.03. The molecule has 2 saturated heterocycles. The Labute approximate surface area is 154 Å². The van der Waals surface area contributed by atoms with Crippen LogP contribution in [0.1, 0.15) is 23.8 Å². The average molecular weight is 394 g/mol. The number of aryl methyl sites for hydroxylation is 1. The highest BCUT2D eigenvalue weighted by Gasteiger charge is 2.48. The smallest absolute Gasteiger partial charge is 0.349 e. The number of benzene rings is 1. The zero-order chi connectivity index (χ0) is 19.0. The molecular formula is C17H19N2O7P. The Kier molecular flexibility index (Phi) is 4.88. The molecule has 2 aliphatic rings. The molecule has 10 heteroatoms. The van der Waals surface area contributed by atoms with E-state index in [-0.39, 0.29) is 19.6 Å². The SMILES string of the molecule is Cc1cn([C@H]2C[C@H]3O[P@@](=O)(OCc4ccccc4)OC[C@@H]3O2)c(=O)[nH]c1=O. The first-order chi connectivity index (χ1) is 12.9. The van der Waals surface area contributed by atoms with Gasteiger partial charge in [0.15, 0.2) is 0 Å². The number of hydrogen-bond acceptors (Lipinski definition) is 7. The number of aromatic nitrogens is 2. The van der Waals surface area contributed by atoms with Crippen LogP contribution in [0.3, 0.4) is 0 Å². The van der Waals surface area contributed by atoms with E-state index < -0.39 is 37.5 Å². The molecule has 144 valence electrons. The third-order valence-electron chi connectivity index (χ3n) is 4.53. The quantitative estimate of drug-likeness (QED) is 0.789. The van der Waals surface area contributed by atoms with Gasteiger partial charge in [0.25, 0.3) is 5.56 Å². The average Bonchev–Trinajstić information content (AvgIpc) is 3.06. The van der Waals surface area contributed by atoms with E-state index in [2.05, 4.69) is 4.98 Å². The molecule has 4 atom stereocenters. The fraction of sp³-hybridized carbons (Fsp3) is 0.412. The van der Waals surface area contributed by atoms with Gasteiger partial charge in [0.2, 0.25) is 0 Å². The van der Waals surface area contributed by atoms with Crippen LogP contribution in [0, 0.1) is 6.92 Å². The first-order valence-corrected chi connectivity index (χ1v) is 9.98. The topological polar surface area (TPSA) is 109 Å². The van der Waals surface area contributed by atoms with E-state index in [9.17, 15) is 14.2 Å². The molecule has 4 rings (SSSR count). The largest absolute Gasteiger partial charge is 0.475 e. The van der Waals surface area contributed by atoms with Crippen LogP contribution in [-0.2, 0) is 29.5 Å². The summed E-state index contributed by atoms with van der Waals surface area (Å²) in [6, 6.07) is 9.27. The van der Waals surface area contributed by atoms with Gasteiger partial charge in [-0.15, -0.1) is 0 Å². The molecule has 9 nitrogen and oxygen atoms in total. The Morgan fingerprint density at radius 3 is 2.81 bits per heavy atom. The summed E-state index contributed by atoms with van der Waals surface area (Å²) in [6.07, 6.45) is 0.0708. The number of phosphoric acid groups is 1. The summed E-state index contributed by atoms with van der Waals surface area (Å²) < 4.78 is 36.1. The van der Waals surface area contributed by atoms with Gasteiger partial charge in [0.1, 0.15) is 18.4 Å². The van der Waals surface area contributed by atoms with Crippen molar-refractivity contribution in [1.29, 1.82) is 0 Å². The van der Waals surface area contributed by atoms with Crippen molar-refractivity contribution in [2.24, 2.45) is 0 Å². The molecule has 0 spiro atoms. The molecule has 3 heterocycles. The minimum atomic E-state index is -3.72. The van der Waals surface area contributed by atoms with Crippen LogP contribution in [0.25, 0.3) is 0 Å². The number of nitrogens with one attached hydrogen (secondary N) is 1. The number of hydrogen-bond donors (Lipinski definition) is 1. The second kappa shape index (κ2) is 7.18. The van der Waals surface area contributed by atoms with Gasteiger partial charge in [-0.05, 0) is 12.5 Å². The highest BCUT2D eigenvalue weighted by atomic mass is 31.2. The molecule has 1 N–H and O–H groups in total. The maximum absolute atomic E-state index is 12.7. The first-order valence-electron chi connectivity index (χ1n) is 8.52. The van der Waals surface area contributed by atoms with Crippen molar-refractivity contribution in [2.45, 2.75) is 38.4 Å². The number of rotatable bonds is 4. The fourth-order valence-electron chi connectivity index (χ4n) is 3.09. The van der Waals surface area contributed by atoms with Gasteiger partial charge in [-0.1, -0.05) is 30.3 Å².